The molecule has 0 radical (unpaired) electrons. The molecule has 126 valence electrons. The van der Waals surface area contributed by atoms with Crippen LogP contribution in [0.15, 0.2) is 18.2 Å². The zero-order valence-corrected chi connectivity index (χ0v) is 13.5. The first-order valence-electron chi connectivity index (χ1n) is 8.12. The number of rotatable bonds is 4. The molecule has 2 heterocycles. The molecule has 0 aromatic heterocycles. The number of carbonyl (C=O) groups is 1. The Morgan fingerprint density at radius 1 is 1.35 bits per heavy atom. The van der Waals surface area contributed by atoms with E-state index in [9.17, 15) is 9.90 Å². The molecule has 1 unspecified atom stereocenters. The highest BCUT2D eigenvalue weighted by molar-refractivity contribution is 5.76. The van der Waals surface area contributed by atoms with Crippen molar-refractivity contribution in [3.05, 3.63) is 23.8 Å². The highest BCUT2D eigenvalue weighted by Gasteiger charge is 2.35. The molecule has 0 saturated carbocycles. The lowest BCUT2D eigenvalue weighted by Gasteiger charge is -2.39. The van der Waals surface area contributed by atoms with Crippen molar-refractivity contribution in [2.45, 2.75) is 31.4 Å². The smallest absolute Gasteiger partial charge is 0.222 e. The summed E-state index contributed by atoms with van der Waals surface area (Å²) in [5, 5.41) is 13.3. The van der Waals surface area contributed by atoms with Gasteiger partial charge in [-0.3, -0.25) is 9.69 Å². The highest BCUT2D eigenvalue weighted by Crippen LogP contribution is 2.32. The standard InChI is InChI=1S/C17H24N2O4/c1-18-16(20)10-17(21)5-2-6-19(12-17)11-13-3-4-14-15(9-13)23-8-7-22-14/h3-4,9,21H,2,5-8,10-12H2,1H3,(H,18,20). The average molecular weight is 320 g/mol. The minimum atomic E-state index is -0.938. The number of nitrogens with zero attached hydrogens (tertiary/aromatic N) is 1. The van der Waals surface area contributed by atoms with E-state index in [1.807, 2.05) is 18.2 Å². The summed E-state index contributed by atoms with van der Waals surface area (Å²) < 4.78 is 11.2. The first kappa shape index (κ1) is 16.1. The monoisotopic (exact) mass is 320 g/mol. The van der Waals surface area contributed by atoms with E-state index in [-0.39, 0.29) is 12.3 Å². The maximum atomic E-state index is 11.6. The molecular formula is C17H24N2O4. The van der Waals surface area contributed by atoms with Gasteiger partial charge in [0.15, 0.2) is 11.5 Å². The van der Waals surface area contributed by atoms with E-state index in [1.54, 1.807) is 7.05 Å². The Bertz CT molecular complexity index is 578. The lowest BCUT2D eigenvalue weighted by atomic mass is 9.89. The molecule has 6 heteroatoms. The third kappa shape index (κ3) is 3.95. The van der Waals surface area contributed by atoms with E-state index >= 15 is 0 Å². The Labute approximate surface area is 136 Å². The van der Waals surface area contributed by atoms with Crippen LogP contribution in [0, 0.1) is 0 Å². The van der Waals surface area contributed by atoms with Crippen LogP contribution in [0.25, 0.3) is 0 Å². The van der Waals surface area contributed by atoms with Crippen LogP contribution in [0.4, 0.5) is 0 Å². The first-order valence-corrected chi connectivity index (χ1v) is 8.12. The zero-order valence-electron chi connectivity index (χ0n) is 13.5. The molecule has 0 spiro atoms. The predicted molar refractivity (Wildman–Crippen MR) is 85.6 cm³/mol. The van der Waals surface area contributed by atoms with Gasteiger partial charge in [-0.1, -0.05) is 6.07 Å². The molecular weight excluding hydrogens is 296 g/mol. The van der Waals surface area contributed by atoms with Gasteiger partial charge in [-0.05, 0) is 37.1 Å². The van der Waals surface area contributed by atoms with Gasteiger partial charge in [0.2, 0.25) is 5.91 Å². The molecule has 0 bridgehead atoms. The highest BCUT2D eigenvalue weighted by atomic mass is 16.6. The SMILES string of the molecule is CNC(=O)CC1(O)CCCN(Cc2ccc3c(c2)OCCO3)C1. The molecule has 1 amide bonds. The number of nitrogens with one attached hydrogen (secondary N) is 1. The van der Waals surface area contributed by atoms with E-state index in [1.165, 1.54) is 0 Å². The summed E-state index contributed by atoms with van der Waals surface area (Å²) in [6.07, 6.45) is 1.71. The van der Waals surface area contributed by atoms with Crippen molar-refractivity contribution in [3.63, 3.8) is 0 Å². The third-order valence-corrected chi connectivity index (χ3v) is 4.42. The second-order valence-electron chi connectivity index (χ2n) is 6.37. The predicted octanol–water partition coefficient (Wildman–Crippen LogP) is 0.921. The molecule has 1 aromatic carbocycles. The lowest BCUT2D eigenvalue weighted by Crippen LogP contribution is -2.49. The number of piperidine rings is 1. The number of carbonyl (C=O) groups excluding carboxylic acids is 1. The number of hydrogen-bond acceptors (Lipinski definition) is 5. The molecule has 0 aliphatic carbocycles. The van der Waals surface area contributed by atoms with E-state index in [0.29, 0.717) is 26.2 Å². The maximum Gasteiger partial charge on any atom is 0.222 e. The number of amides is 1. The topological polar surface area (TPSA) is 71.0 Å². The third-order valence-electron chi connectivity index (χ3n) is 4.42. The zero-order chi connectivity index (χ0) is 16.3. The van der Waals surface area contributed by atoms with Gasteiger partial charge in [0, 0.05) is 20.1 Å². The number of benzene rings is 1. The van der Waals surface area contributed by atoms with E-state index in [2.05, 4.69) is 10.2 Å². The molecule has 23 heavy (non-hydrogen) atoms. The summed E-state index contributed by atoms with van der Waals surface area (Å²) in [5.41, 5.74) is 0.185. The fourth-order valence-corrected chi connectivity index (χ4v) is 3.32. The van der Waals surface area contributed by atoms with Crippen LogP contribution >= 0.6 is 0 Å². The van der Waals surface area contributed by atoms with E-state index in [4.69, 9.17) is 9.47 Å². The number of hydrogen-bond donors (Lipinski definition) is 2. The number of fused-ring (bicyclic) bond motifs is 1. The summed E-state index contributed by atoms with van der Waals surface area (Å²) in [5.74, 6) is 1.45. The van der Waals surface area contributed by atoms with Crippen molar-refractivity contribution in [3.8, 4) is 11.5 Å². The summed E-state index contributed by atoms with van der Waals surface area (Å²) in [7, 11) is 1.60. The second-order valence-corrected chi connectivity index (χ2v) is 6.37. The molecule has 1 aromatic rings. The first-order chi connectivity index (χ1) is 11.1. The van der Waals surface area contributed by atoms with Crippen molar-refractivity contribution in [1.29, 1.82) is 0 Å². The van der Waals surface area contributed by atoms with Crippen LogP contribution in [0.5, 0.6) is 11.5 Å². The van der Waals surface area contributed by atoms with Crippen molar-refractivity contribution >= 4 is 5.91 Å². The Morgan fingerprint density at radius 3 is 2.91 bits per heavy atom. The number of likely N-dealkylation sites (tertiary alicyclic amines) is 1. The van der Waals surface area contributed by atoms with E-state index < -0.39 is 5.60 Å². The number of aliphatic hydroxyl groups is 1. The fraction of sp³-hybridized carbons (Fsp3) is 0.588. The van der Waals surface area contributed by atoms with Crippen LogP contribution in [0.3, 0.4) is 0 Å². The molecule has 1 fully saturated rings. The van der Waals surface area contributed by atoms with Gasteiger partial charge in [-0.2, -0.15) is 0 Å². The lowest BCUT2D eigenvalue weighted by molar-refractivity contribution is -0.128. The Balaban J connectivity index is 1.64. The summed E-state index contributed by atoms with van der Waals surface area (Å²) >= 11 is 0. The Hall–Kier alpha value is -1.79. The van der Waals surface area contributed by atoms with Crippen LogP contribution < -0.4 is 14.8 Å². The van der Waals surface area contributed by atoms with Gasteiger partial charge in [-0.25, -0.2) is 0 Å². The molecule has 2 aliphatic rings. The quantitative estimate of drug-likeness (QED) is 0.863. The second kappa shape index (κ2) is 6.76. The van der Waals surface area contributed by atoms with Gasteiger partial charge >= 0.3 is 0 Å². The Morgan fingerprint density at radius 2 is 2.13 bits per heavy atom. The fourth-order valence-electron chi connectivity index (χ4n) is 3.32. The van der Waals surface area contributed by atoms with Gasteiger partial charge in [0.05, 0.1) is 12.0 Å². The van der Waals surface area contributed by atoms with Crippen molar-refractivity contribution in [1.82, 2.24) is 10.2 Å². The number of ether oxygens (including phenoxy) is 2. The van der Waals surface area contributed by atoms with Gasteiger partial charge in [0.1, 0.15) is 13.2 Å². The summed E-state index contributed by atoms with van der Waals surface area (Å²) in [6.45, 7) is 3.32. The molecule has 2 aliphatic heterocycles. The van der Waals surface area contributed by atoms with Crippen molar-refractivity contribution in [2.24, 2.45) is 0 Å². The van der Waals surface area contributed by atoms with Crippen LogP contribution in [-0.2, 0) is 11.3 Å². The van der Waals surface area contributed by atoms with Crippen LogP contribution in [0.2, 0.25) is 0 Å². The summed E-state index contributed by atoms with van der Waals surface area (Å²) in [6, 6.07) is 5.96. The number of β-amino-alcohol motifs (C(OH)–C–C–N with tert-alkyl or cyclic N) is 1. The normalized spacial score (nSPS) is 24.3. The van der Waals surface area contributed by atoms with Crippen molar-refractivity contribution in [2.75, 3.05) is 33.4 Å². The average Bonchev–Trinajstić information content (AvgIpc) is 2.54. The Kier molecular flexibility index (Phi) is 4.73. The molecule has 6 nitrogen and oxygen atoms in total. The largest absolute Gasteiger partial charge is 0.486 e. The molecule has 3 rings (SSSR count). The minimum Gasteiger partial charge on any atom is -0.486 e. The van der Waals surface area contributed by atoms with Crippen LogP contribution in [0.1, 0.15) is 24.8 Å². The maximum absolute atomic E-state index is 11.6. The molecule has 1 saturated heterocycles. The molecule has 1 atom stereocenters. The van der Waals surface area contributed by atoms with E-state index in [0.717, 1.165) is 36.6 Å². The van der Waals surface area contributed by atoms with Gasteiger partial charge in [-0.15, -0.1) is 0 Å². The minimum absolute atomic E-state index is 0.117. The van der Waals surface area contributed by atoms with Gasteiger partial charge in [0.25, 0.3) is 0 Å². The summed E-state index contributed by atoms with van der Waals surface area (Å²) in [4.78, 5) is 13.8. The van der Waals surface area contributed by atoms with Crippen molar-refractivity contribution < 1.29 is 19.4 Å². The van der Waals surface area contributed by atoms with Gasteiger partial charge < -0.3 is 19.9 Å². The van der Waals surface area contributed by atoms with Crippen LogP contribution in [-0.4, -0.2) is 54.9 Å². The molecule has 2 N–H and O–H groups in total.